The van der Waals surface area contributed by atoms with E-state index in [1.807, 2.05) is 6.92 Å². The summed E-state index contributed by atoms with van der Waals surface area (Å²) in [6, 6.07) is 0. The Morgan fingerprint density at radius 1 is 1.39 bits per heavy atom. The van der Waals surface area contributed by atoms with Crippen LogP contribution in [0.4, 0.5) is 0 Å². The van der Waals surface area contributed by atoms with Crippen LogP contribution in [0.1, 0.15) is 46.5 Å². The minimum absolute atomic E-state index is 0.0129. The number of fused-ring (bicyclic) bond motifs is 3. The molecule has 0 unspecified atom stereocenters. The average molecular weight is 250 g/mol. The van der Waals surface area contributed by atoms with E-state index in [2.05, 4.69) is 13.8 Å². The number of allylic oxidation sites excluding steroid dienone is 1. The molecule has 0 spiro atoms. The van der Waals surface area contributed by atoms with Crippen molar-refractivity contribution in [1.29, 1.82) is 0 Å². The van der Waals surface area contributed by atoms with E-state index >= 15 is 0 Å². The number of rotatable bonds is 0. The monoisotopic (exact) mass is 250 g/mol. The van der Waals surface area contributed by atoms with E-state index in [0.29, 0.717) is 5.92 Å². The Balaban J connectivity index is 2.05. The first-order valence-corrected chi connectivity index (χ1v) is 7.04. The summed E-state index contributed by atoms with van der Waals surface area (Å²) < 4.78 is 5.62. The molecule has 3 heteroatoms. The molecule has 1 heterocycles. The number of carbonyl (C=O) groups is 1. The van der Waals surface area contributed by atoms with Gasteiger partial charge in [0.05, 0.1) is 12.0 Å². The minimum Gasteiger partial charge on any atom is -0.457 e. The van der Waals surface area contributed by atoms with Crippen LogP contribution in [0.3, 0.4) is 0 Å². The maximum absolute atomic E-state index is 11.8. The minimum atomic E-state index is -0.285. The van der Waals surface area contributed by atoms with Gasteiger partial charge in [0, 0.05) is 11.3 Å². The van der Waals surface area contributed by atoms with Gasteiger partial charge in [0.1, 0.15) is 6.10 Å². The Morgan fingerprint density at radius 2 is 2.11 bits per heavy atom. The van der Waals surface area contributed by atoms with Crippen LogP contribution in [-0.4, -0.2) is 23.3 Å². The molecule has 0 aromatic rings. The molecule has 1 saturated heterocycles. The zero-order valence-electron chi connectivity index (χ0n) is 11.4. The zero-order chi connectivity index (χ0) is 13.1. The van der Waals surface area contributed by atoms with Gasteiger partial charge >= 0.3 is 5.97 Å². The SMILES string of the molecule is CC1=C2[C@H]3OC(=O)[C@@H](C)[C@@H]3CC[C@@]2(C)[C@@H](O)CC1. The highest BCUT2D eigenvalue weighted by molar-refractivity contribution is 5.75. The molecule has 0 bridgehead atoms. The van der Waals surface area contributed by atoms with Crippen LogP contribution < -0.4 is 0 Å². The summed E-state index contributed by atoms with van der Waals surface area (Å²) in [5.74, 6) is 0.273. The topological polar surface area (TPSA) is 46.5 Å². The molecule has 1 aliphatic heterocycles. The number of hydrogen-bond donors (Lipinski definition) is 1. The Morgan fingerprint density at radius 3 is 2.83 bits per heavy atom. The van der Waals surface area contributed by atoms with Gasteiger partial charge in [-0.15, -0.1) is 0 Å². The second-order valence-corrected chi connectivity index (χ2v) is 6.51. The lowest BCUT2D eigenvalue weighted by atomic mass is 9.58. The van der Waals surface area contributed by atoms with Crippen molar-refractivity contribution in [3.63, 3.8) is 0 Å². The van der Waals surface area contributed by atoms with E-state index in [-0.39, 0.29) is 29.5 Å². The Labute approximate surface area is 108 Å². The fourth-order valence-corrected chi connectivity index (χ4v) is 4.24. The number of aliphatic hydroxyl groups excluding tert-OH is 1. The maximum Gasteiger partial charge on any atom is 0.309 e. The lowest BCUT2D eigenvalue weighted by Gasteiger charge is -2.48. The van der Waals surface area contributed by atoms with Gasteiger partial charge < -0.3 is 9.84 Å². The van der Waals surface area contributed by atoms with E-state index in [4.69, 9.17) is 4.74 Å². The van der Waals surface area contributed by atoms with Crippen molar-refractivity contribution < 1.29 is 14.6 Å². The van der Waals surface area contributed by atoms with Crippen LogP contribution in [0, 0.1) is 17.3 Å². The van der Waals surface area contributed by atoms with Gasteiger partial charge in [-0.1, -0.05) is 19.4 Å². The molecule has 1 N–H and O–H groups in total. The Bertz CT molecular complexity index is 425. The van der Waals surface area contributed by atoms with Crippen molar-refractivity contribution in [2.24, 2.45) is 17.3 Å². The van der Waals surface area contributed by atoms with Gasteiger partial charge in [0.2, 0.25) is 0 Å². The van der Waals surface area contributed by atoms with Crippen molar-refractivity contribution in [2.45, 2.75) is 58.7 Å². The number of carbonyl (C=O) groups excluding carboxylic acids is 1. The molecule has 18 heavy (non-hydrogen) atoms. The maximum atomic E-state index is 11.8. The summed E-state index contributed by atoms with van der Waals surface area (Å²) in [5, 5.41) is 10.4. The molecular weight excluding hydrogens is 228 g/mol. The summed E-state index contributed by atoms with van der Waals surface area (Å²) in [6.07, 6.45) is 3.38. The number of ether oxygens (including phenoxy) is 1. The van der Waals surface area contributed by atoms with E-state index in [9.17, 15) is 9.90 Å². The third-order valence-corrected chi connectivity index (χ3v) is 5.53. The normalized spacial score (nSPS) is 47.7. The highest BCUT2D eigenvalue weighted by Gasteiger charge is 2.55. The number of aliphatic hydroxyl groups is 1. The molecule has 2 fully saturated rings. The van der Waals surface area contributed by atoms with Crippen molar-refractivity contribution in [3.05, 3.63) is 11.1 Å². The van der Waals surface area contributed by atoms with Gasteiger partial charge in [-0.2, -0.15) is 0 Å². The van der Waals surface area contributed by atoms with Crippen molar-refractivity contribution >= 4 is 5.97 Å². The first-order chi connectivity index (χ1) is 8.45. The molecular formula is C15H22O3. The largest absolute Gasteiger partial charge is 0.457 e. The summed E-state index contributed by atoms with van der Waals surface area (Å²) >= 11 is 0. The highest BCUT2D eigenvalue weighted by Crippen LogP contribution is 2.55. The van der Waals surface area contributed by atoms with E-state index in [1.54, 1.807) is 0 Å². The molecule has 1 saturated carbocycles. The van der Waals surface area contributed by atoms with Gasteiger partial charge in [-0.05, 0) is 38.2 Å². The second-order valence-electron chi connectivity index (χ2n) is 6.51. The number of esters is 1. The van der Waals surface area contributed by atoms with Crippen molar-refractivity contribution in [2.75, 3.05) is 0 Å². The van der Waals surface area contributed by atoms with Crippen LogP contribution in [0.25, 0.3) is 0 Å². The molecule has 0 radical (unpaired) electrons. The molecule has 3 nitrogen and oxygen atoms in total. The van der Waals surface area contributed by atoms with Crippen LogP contribution in [0.15, 0.2) is 11.1 Å². The third kappa shape index (κ3) is 1.43. The Kier molecular flexibility index (Phi) is 2.60. The first kappa shape index (κ1) is 12.2. The smallest absolute Gasteiger partial charge is 0.309 e. The van der Waals surface area contributed by atoms with Gasteiger partial charge in [0.15, 0.2) is 0 Å². The quantitative estimate of drug-likeness (QED) is 0.530. The molecule has 100 valence electrons. The van der Waals surface area contributed by atoms with Crippen LogP contribution in [-0.2, 0) is 9.53 Å². The van der Waals surface area contributed by atoms with E-state index in [1.165, 1.54) is 11.1 Å². The lowest BCUT2D eigenvalue weighted by Crippen LogP contribution is -2.47. The predicted molar refractivity (Wildman–Crippen MR) is 67.8 cm³/mol. The first-order valence-electron chi connectivity index (χ1n) is 7.04. The van der Waals surface area contributed by atoms with Gasteiger partial charge in [-0.25, -0.2) is 0 Å². The zero-order valence-corrected chi connectivity index (χ0v) is 11.4. The molecule has 2 aliphatic carbocycles. The fourth-order valence-electron chi connectivity index (χ4n) is 4.24. The lowest BCUT2D eigenvalue weighted by molar-refractivity contribution is -0.143. The van der Waals surface area contributed by atoms with Crippen LogP contribution >= 0.6 is 0 Å². The summed E-state index contributed by atoms with van der Waals surface area (Å²) in [5.41, 5.74) is 2.39. The summed E-state index contributed by atoms with van der Waals surface area (Å²) in [6.45, 7) is 6.26. The Hall–Kier alpha value is -0.830. The van der Waals surface area contributed by atoms with Gasteiger partial charge in [0.25, 0.3) is 0 Å². The predicted octanol–water partition coefficient (Wildman–Crippen LogP) is 2.44. The second kappa shape index (κ2) is 3.83. The molecule has 0 aromatic carbocycles. The van der Waals surface area contributed by atoms with Crippen molar-refractivity contribution in [3.8, 4) is 0 Å². The standard InChI is InChI=1S/C15H22O3/c1-8-4-5-11(16)15(3)7-6-10-9(2)14(17)18-13(10)12(8)15/h9-11,13,16H,4-7H2,1-3H3/t9-,10-,11-,13-,15-/m0/s1. The summed E-state index contributed by atoms with van der Waals surface area (Å²) in [7, 11) is 0. The van der Waals surface area contributed by atoms with E-state index < -0.39 is 0 Å². The fraction of sp³-hybridized carbons (Fsp3) is 0.800. The highest BCUT2D eigenvalue weighted by atomic mass is 16.6. The third-order valence-electron chi connectivity index (χ3n) is 5.53. The molecule has 0 amide bonds. The number of hydrogen-bond acceptors (Lipinski definition) is 3. The van der Waals surface area contributed by atoms with Crippen LogP contribution in [0.5, 0.6) is 0 Å². The van der Waals surface area contributed by atoms with Crippen molar-refractivity contribution in [1.82, 2.24) is 0 Å². The van der Waals surface area contributed by atoms with E-state index in [0.717, 1.165) is 25.7 Å². The van der Waals surface area contributed by atoms with Crippen LogP contribution in [0.2, 0.25) is 0 Å². The molecule has 3 rings (SSSR count). The molecule has 3 aliphatic rings. The molecule has 0 aromatic heterocycles. The summed E-state index contributed by atoms with van der Waals surface area (Å²) in [4.78, 5) is 11.8. The van der Waals surface area contributed by atoms with Gasteiger partial charge in [-0.3, -0.25) is 4.79 Å². The average Bonchev–Trinajstić information content (AvgIpc) is 2.60. The molecule has 5 atom stereocenters.